The normalized spacial score (nSPS) is 19.0. The molecular weight excluding hydrogens is 350 g/mol. The van der Waals surface area contributed by atoms with Gasteiger partial charge in [-0.05, 0) is 49.6 Å². The molecule has 1 aromatic heterocycles. The minimum Gasteiger partial charge on any atom is -0.490 e. The van der Waals surface area contributed by atoms with Gasteiger partial charge in [-0.15, -0.1) is 0 Å². The number of nitrogen functional groups attached to an aromatic ring is 1. The average molecular weight is 374 g/mol. The van der Waals surface area contributed by atoms with Gasteiger partial charge in [-0.2, -0.15) is 0 Å². The summed E-state index contributed by atoms with van der Waals surface area (Å²) in [5, 5.41) is 8.56. The molecular formula is C20H24F2N4O. The smallest absolute Gasteiger partial charge is 0.265 e. The number of anilines is 2. The highest BCUT2D eigenvalue weighted by molar-refractivity contribution is 6.14. The van der Waals surface area contributed by atoms with Crippen molar-refractivity contribution in [3.05, 3.63) is 47.7 Å². The van der Waals surface area contributed by atoms with Crippen molar-refractivity contribution in [2.45, 2.75) is 37.7 Å². The molecule has 1 aliphatic carbocycles. The Kier molecular flexibility index (Phi) is 4.45. The van der Waals surface area contributed by atoms with E-state index in [2.05, 4.69) is 4.98 Å². The molecule has 0 radical (unpaired) electrons. The molecule has 5 nitrogen and oxygen atoms in total. The van der Waals surface area contributed by atoms with Crippen LogP contribution in [0.2, 0.25) is 0 Å². The summed E-state index contributed by atoms with van der Waals surface area (Å²) in [4.78, 5) is 5.81. The van der Waals surface area contributed by atoms with E-state index >= 15 is 0 Å². The van der Waals surface area contributed by atoms with Crippen molar-refractivity contribution in [2.75, 3.05) is 23.7 Å². The first kappa shape index (κ1) is 17.7. The van der Waals surface area contributed by atoms with Crippen LogP contribution in [-0.4, -0.2) is 35.8 Å². The third-order valence-electron chi connectivity index (χ3n) is 4.87. The van der Waals surface area contributed by atoms with Gasteiger partial charge in [0.25, 0.3) is 5.92 Å². The average Bonchev–Trinajstić information content (AvgIpc) is 3.46. The lowest BCUT2D eigenvalue weighted by Gasteiger charge is -2.33. The number of nitrogens with two attached hydrogens (primary N) is 1. The zero-order valence-electron chi connectivity index (χ0n) is 14.9. The molecule has 1 saturated heterocycles. The van der Waals surface area contributed by atoms with Crippen LogP contribution in [0.15, 0.2) is 36.5 Å². The van der Waals surface area contributed by atoms with E-state index in [9.17, 15) is 8.78 Å². The molecule has 1 saturated carbocycles. The van der Waals surface area contributed by atoms with Gasteiger partial charge >= 0.3 is 0 Å². The first-order chi connectivity index (χ1) is 12.9. The number of pyridine rings is 1. The van der Waals surface area contributed by atoms with Crippen LogP contribution in [0.3, 0.4) is 0 Å². The van der Waals surface area contributed by atoms with Gasteiger partial charge in [-0.25, -0.2) is 13.8 Å². The Morgan fingerprint density at radius 3 is 2.85 bits per heavy atom. The fraction of sp³-hybridized carbons (Fsp3) is 0.400. The number of rotatable bonds is 5. The van der Waals surface area contributed by atoms with E-state index in [0.29, 0.717) is 41.3 Å². The second kappa shape index (κ2) is 6.79. The fourth-order valence-corrected chi connectivity index (χ4v) is 3.27. The van der Waals surface area contributed by atoms with Gasteiger partial charge in [0.1, 0.15) is 11.6 Å². The molecule has 1 aliphatic heterocycles. The van der Waals surface area contributed by atoms with E-state index in [0.717, 1.165) is 12.8 Å². The van der Waals surface area contributed by atoms with E-state index in [1.165, 1.54) is 0 Å². The number of aromatic nitrogens is 1. The molecule has 2 fully saturated rings. The molecule has 3 N–H and O–H groups in total. The number of hydrogen-bond acceptors (Lipinski definition) is 5. The van der Waals surface area contributed by atoms with Crippen LogP contribution in [0.5, 0.6) is 5.75 Å². The van der Waals surface area contributed by atoms with E-state index in [1.807, 2.05) is 0 Å². The summed E-state index contributed by atoms with van der Waals surface area (Å²) in [5.41, 5.74) is 7.92. The third-order valence-corrected chi connectivity index (χ3v) is 4.87. The van der Waals surface area contributed by atoms with Crippen molar-refractivity contribution in [1.82, 2.24) is 4.98 Å². The second-order valence-electron chi connectivity index (χ2n) is 7.23. The molecule has 7 heteroatoms. The van der Waals surface area contributed by atoms with Gasteiger partial charge in [-0.1, -0.05) is 0 Å². The molecule has 0 atom stereocenters. The Balaban J connectivity index is 0.00000225. The number of hydrogen-bond donors (Lipinski definition) is 2. The van der Waals surface area contributed by atoms with Crippen molar-refractivity contribution in [3.63, 3.8) is 0 Å². The van der Waals surface area contributed by atoms with Crippen LogP contribution in [0.25, 0.3) is 0 Å². The first-order valence-electron chi connectivity index (χ1n) is 9.16. The fourth-order valence-electron chi connectivity index (χ4n) is 3.27. The lowest BCUT2D eigenvalue weighted by atomic mass is 10.0. The van der Waals surface area contributed by atoms with Crippen molar-refractivity contribution in [1.29, 1.82) is 5.41 Å². The predicted molar refractivity (Wildman–Crippen MR) is 103 cm³/mol. The Bertz CT molecular complexity index is 873. The number of benzene rings is 1. The van der Waals surface area contributed by atoms with Crippen LogP contribution < -0.4 is 15.4 Å². The highest BCUT2D eigenvalue weighted by atomic mass is 19.3. The molecule has 144 valence electrons. The van der Waals surface area contributed by atoms with Crippen LogP contribution in [0.1, 0.15) is 38.2 Å². The monoisotopic (exact) mass is 374 g/mol. The number of nitrogens with one attached hydrogen (secondary N) is 1. The van der Waals surface area contributed by atoms with E-state index in [4.69, 9.17) is 15.9 Å². The standard InChI is InChI=1S/C20H22F2N4O.H2/c21-20(22)7-1-9-26(12-20)18-10-13(6-8-25-18)19(24)16-11-15(4-5-17(16)23)27-14-2-3-14;/h4-6,8,10-11,14,24H,1-3,7,9,12,23H2;1H. The lowest BCUT2D eigenvalue weighted by molar-refractivity contribution is -0.0118. The molecule has 0 amide bonds. The molecule has 0 bridgehead atoms. The second-order valence-corrected chi connectivity index (χ2v) is 7.23. The van der Waals surface area contributed by atoms with Crippen LogP contribution in [-0.2, 0) is 0 Å². The summed E-state index contributed by atoms with van der Waals surface area (Å²) < 4.78 is 33.3. The minimum absolute atomic E-state index is 0. The molecule has 4 rings (SSSR count). The van der Waals surface area contributed by atoms with Gasteiger partial charge in [0, 0.05) is 37.4 Å². The van der Waals surface area contributed by atoms with Crippen LogP contribution in [0, 0.1) is 5.41 Å². The van der Waals surface area contributed by atoms with Gasteiger partial charge in [0.2, 0.25) is 0 Å². The summed E-state index contributed by atoms with van der Waals surface area (Å²) in [5.74, 6) is -1.56. The number of piperidine rings is 1. The zero-order chi connectivity index (χ0) is 19.0. The predicted octanol–water partition coefficient (Wildman–Crippen LogP) is 4.10. The Morgan fingerprint density at radius 2 is 2.11 bits per heavy atom. The third kappa shape index (κ3) is 4.02. The van der Waals surface area contributed by atoms with Crippen LogP contribution >= 0.6 is 0 Å². The van der Waals surface area contributed by atoms with Gasteiger partial charge < -0.3 is 15.4 Å². The molecule has 0 spiro atoms. The summed E-state index contributed by atoms with van der Waals surface area (Å²) in [6.45, 7) is 0.190. The molecule has 1 aromatic carbocycles. The van der Waals surface area contributed by atoms with Crippen molar-refractivity contribution >= 4 is 17.2 Å². The summed E-state index contributed by atoms with van der Waals surface area (Å²) in [6.07, 6.45) is 4.22. The van der Waals surface area contributed by atoms with E-state index in [1.54, 1.807) is 41.4 Å². The summed E-state index contributed by atoms with van der Waals surface area (Å²) >= 11 is 0. The lowest BCUT2D eigenvalue weighted by Crippen LogP contribution is -2.43. The molecule has 27 heavy (non-hydrogen) atoms. The summed E-state index contributed by atoms with van der Waals surface area (Å²) in [6, 6.07) is 8.68. The largest absolute Gasteiger partial charge is 0.490 e. The number of alkyl halides is 2. The number of nitrogens with zero attached hydrogens (tertiary/aromatic N) is 2. The Hall–Kier alpha value is -2.70. The van der Waals surface area contributed by atoms with Gasteiger partial charge in [0.15, 0.2) is 0 Å². The van der Waals surface area contributed by atoms with E-state index in [-0.39, 0.29) is 26.2 Å². The highest BCUT2D eigenvalue weighted by Crippen LogP contribution is 2.31. The van der Waals surface area contributed by atoms with Crippen molar-refractivity contribution in [2.24, 2.45) is 0 Å². The SMILES string of the molecule is N=C(c1ccnc(N2CCCC(F)(F)C2)c1)c1cc(OC2CC2)ccc1N.[HH]. The molecule has 0 unspecified atom stereocenters. The zero-order valence-corrected chi connectivity index (χ0v) is 14.9. The Labute approximate surface area is 158 Å². The number of halogens is 2. The minimum atomic E-state index is -2.71. The molecule has 2 aliphatic rings. The maximum Gasteiger partial charge on any atom is 0.265 e. The summed E-state index contributed by atoms with van der Waals surface area (Å²) in [7, 11) is 0. The maximum absolute atomic E-state index is 13.7. The van der Waals surface area contributed by atoms with Crippen LogP contribution in [0.4, 0.5) is 20.3 Å². The number of ether oxygens (including phenoxy) is 1. The molecule has 2 heterocycles. The van der Waals surface area contributed by atoms with Gasteiger partial charge in [-0.3, -0.25) is 5.41 Å². The van der Waals surface area contributed by atoms with Crippen molar-refractivity contribution in [3.8, 4) is 5.75 Å². The first-order valence-corrected chi connectivity index (χ1v) is 9.16. The van der Waals surface area contributed by atoms with Crippen molar-refractivity contribution < 1.29 is 14.9 Å². The highest BCUT2D eigenvalue weighted by Gasteiger charge is 2.35. The molecule has 2 aromatic rings. The van der Waals surface area contributed by atoms with E-state index < -0.39 is 5.92 Å². The Morgan fingerprint density at radius 1 is 1.30 bits per heavy atom. The topological polar surface area (TPSA) is 75.2 Å². The maximum atomic E-state index is 13.7. The van der Waals surface area contributed by atoms with Gasteiger partial charge in [0.05, 0.1) is 18.4 Å². The quantitative estimate of drug-likeness (QED) is 0.610.